The summed E-state index contributed by atoms with van der Waals surface area (Å²) in [4.78, 5) is 14.5. The van der Waals surface area contributed by atoms with E-state index in [-0.39, 0.29) is 5.91 Å². The molecule has 0 atom stereocenters. The van der Waals surface area contributed by atoms with Crippen molar-refractivity contribution in [2.45, 2.75) is 20.3 Å². The predicted octanol–water partition coefficient (Wildman–Crippen LogP) is 4.88. The number of halogens is 1. The van der Waals surface area contributed by atoms with Crippen molar-refractivity contribution < 1.29 is 4.79 Å². The molecule has 132 valence electrons. The first-order chi connectivity index (χ1) is 12.5. The van der Waals surface area contributed by atoms with E-state index in [9.17, 15) is 4.79 Å². The first kappa shape index (κ1) is 18.0. The number of nitrogens with zero attached hydrogens (tertiary/aromatic N) is 2. The molecule has 0 spiro atoms. The Morgan fingerprint density at radius 1 is 1.27 bits per heavy atom. The van der Waals surface area contributed by atoms with Crippen LogP contribution in [0, 0.1) is 18.3 Å². The quantitative estimate of drug-likeness (QED) is 0.768. The predicted molar refractivity (Wildman–Crippen MR) is 107 cm³/mol. The average molecular weight is 366 g/mol. The number of hydrogen-bond donors (Lipinski definition) is 1. The lowest BCUT2D eigenvalue weighted by molar-refractivity contribution is -0.110. The highest BCUT2D eigenvalue weighted by atomic mass is 35.5. The minimum atomic E-state index is -0.116. The Morgan fingerprint density at radius 2 is 2.08 bits per heavy atom. The fourth-order valence-electron chi connectivity index (χ4n) is 3.14. The van der Waals surface area contributed by atoms with Gasteiger partial charge in [0.05, 0.1) is 18.2 Å². The third kappa shape index (κ3) is 3.58. The maximum atomic E-state index is 12.3. The largest absolute Gasteiger partial charge is 0.371 e. The van der Waals surface area contributed by atoms with Gasteiger partial charge in [0.25, 0.3) is 5.91 Å². The Balaban J connectivity index is 1.93. The van der Waals surface area contributed by atoms with Crippen molar-refractivity contribution in [2.75, 3.05) is 23.3 Å². The van der Waals surface area contributed by atoms with E-state index in [4.69, 9.17) is 16.9 Å². The van der Waals surface area contributed by atoms with E-state index in [1.165, 1.54) is 0 Å². The average Bonchev–Trinajstić information content (AvgIpc) is 2.92. The van der Waals surface area contributed by atoms with Crippen molar-refractivity contribution in [2.24, 2.45) is 0 Å². The van der Waals surface area contributed by atoms with Crippen LogP contribution in [0.1, 0.15) is 30.0 Å². The number of nitriles is 1. The first-order valence-corrected chi connectivity index (χ1v) is 8.96. The summed E-state index contributed by atoms with van der Waals surface area (Å²) in [7, 11) is 0. The molecule has 2 aromatic rings. The van der Waals surface area contributed by atoms with Crippen molar-refractivity contribution in [3.05, 3.63) is 58.1 Å². The van der Waals surface area contributed by atoms with Gasteiger partial charge in [0.1, 0.15) is 0 Å². The molecule has 0 radical (unpaired) electrons. The Bertz CT molecular complexity index is 927. The monoisotopic (exact) mass is 365 g/mol. The summed E-state index contributed by atoms with van der Waals surface area (Å²) in [5, 5.41) is 12.3. The topological polar surface area (TPSA) is 56.1 Å². The highest BCUT2D eigenvalue weighted by molar-refractivity contribution is 6.36. The third-order valence-corrected chi connectivity index (χ3v) is 4.79. The Hall–Kier alpha value is -2.77. The van der Waals surface area contributed by atoms with E-state index in [1.807, 2.05) is 31.2 Å². The van der Waals surface area contributed by atoms with Gasteiger partial charge in [-0.15, -0.1) is 0 Å². The molecule has 4 nitrogen and oxygen atoms in total. The second-order valence-corrected chi connectivity index (χ2v) is 6.67. The normalized spacial score (nSPS) is 14.1. The Kier molecular flexibility index (Phi) is 5.29. The third-order valence-electron chi connectivity index (χ3n) is 4.56. The van der Waals surface area contributed by atoms with Crippen LogP contribution in [0.4, 0.5) is 11.4 Å². The zero-order valence-electron chi connectivity index (χ0n) is 14.8. The number of benzene rings is 2. The van der Waals surface area contributed by atoms with Crippen LogP contribution >= 0.6 is 11.6 Å². The number of carbonyl (C=O) groups is 1. The maximum Gasteiger partial charge on any atom is 0.256 e. The lowest BCUT2D eigenvalue weighted by Gasteiger charge is -2.22. The molecule has 0 aromatic heterocycles. The van der Waals surface area contributed by atoms with E-state index in [0.29, 0.717) is 23.6 Å². The summed E-state index contributed by atoms with van der Waals surface area (Å²) in [5.74, 6) is -0.116. The van der Waals surface area contributed by atoms with Crippen LogP contribution in [0.25, 0.3) is 11.6 Å². The molecule has 1 amide bonds. The van der Waals surface area contributed by atoms with E-state index in [1.54, 1.807) is 12.1 Å². The lowest BCUT2D eigenvalue weighted by Crippen LogP contribution is -2.23. The summed E-state index contributed by atoms with van der Waals surface area (Å²) < 4.78 is 0. The van der Waals surface area contributed by atoms with Crippen LogP contribution in [0.2, 0.25) is 5.02 Å². The summed E-state index contributed by atoms with van der Waals surface area (Å²) in [5.41, 5.74) is 5.43. The van der Waals surface area contributed by atoms with Gasteiger partial charge in [0.15, 0.2) is 0 Å². The molecule has 3 rings (SSSR count). The highest BCUT2D eigenvalue weighted by Crippen LogP contribution is 2.35. The molecule has 0 fully saturated rings. The molecule has 2 aromatic carbocycles. The summed E-state index contributed by atoms with van der Waals surface area (Å²) in [6.07, 6.45) is 2.41. The zero-order chi connectivity index (χ0) is 18.7. The molecule has 0 saturated carbocycles. The van der Waals surface area contributed by atoms with Crippen LogP contribution in [0.15, 0.2) is 36.4 Å². The van der Waals surface area contributed by atoms with Crippen LogP contribution in [0.5, 0.6) is 0 Å². The van der Waals surface area contributed by atoms with Gasteiger partial charge in [-0.3, -0.25) is 4.79 Å². The molecule has 1 aliphatic heterocycles. The van der Waals surface area contributed by atoms with Gasteiger partial charge in [-0.05, 0) is 55.3 Å². The van der Waals surface area contributed by atoms with Gasteiger partial charge < -0.3 is 10.2 Å². The molecule has 0 saturated heterocycles. The number of fused-ring (bicyclic) bond motifs is 1. The van der Waals surface area contributed by atoms with Crippen molar-refractivity contribution in [1.82, 2.24) is 0 Å². The number of aryl methyl sites for hydroxylation is 1. The number of carbonyl (C=O) groups excluding carboxylic acids is 1. The van der Waals surface area contributed by atoms with Crippen molar-refractivity contribution in [3.8, 4) is 6.07 Å². The molecule has 0 aliphatic carbocycles. The molecule has 26 heavy (non-hydrogen) atoms. The standard InChI is InChI=1S/C21H20ClN3O/c1-3-25(10-4-9-23)17-7-5-15(14(2)11-17)12-19-18-8-6-16(22)13-20(18)24-21(19)26/h5-8,11-13H,3-4,10H2,1-2H3,(H,24,26)/b19-12+. The molecular weight excluding hydrogens is 346 g/mol. The molecule has 0 unspecified atom stereocenters. The number of anilines is 2. The van der Waals surface area contributed by atoms with Gasteiger partial charge in [-0.2, -0.15) is 5.26 Å². The second kappa shape index (κ2) is 7.63. The summed E-state index contributed by atoms with van der Waals surface area (Å²) >= 11 is 6.01. The van der Waals surface area contributed by atoms with Crippen molar-refractivity contribution in [3.63, 3.8) is 0 Å². The Morgan fingerprint density at radius 3 is 2.77 bits per heavy atom. The number of amides is 1. The van der Waals surface area contributed by atoms with Gasteiger partial charge >= 0.3 is 0 Å². The second-order valence-electron chi connectivity index (χ2n) is 6.23. The molecule has 1 aliphatic rings. The number of rotatable bonds is 5. The van der Waals surface area contributed by atoms with E-state index in [0.717, 1.165) is 34.6 Å². The molecule has 1 N–H and O–H groups in total. The van der Waals surface area contributed by atoms with Crippen LogP contribution in [-0.4, -0.2) is 19.0 Å². The first-order valence-electron chi connectivity index (χ1n) is 8.59. The highest BCUT2D eigenvalue weighted by Gasteiger charge is 2.24. The fraction of sp³-hybridized carbons (Fsp3) is 0.238. The fourth-order valence-corrected chi connectivity index (χ4v) is 3.31. The summed E-state index contributed by atoms with van der Waals surface area (Å²) in [6, 6.07) is 13.8. The van der Waals surface area contributed by atoms with Gasteiger partial charge in [0.2, 0.25) is 0 Å². The zero-order valence-corrected chi connectivity index (χ0v) is 15.6. The van der Waals surface area contributed by atoms with Gasteiger partial charge in [-0.1, -0.05) is 23.7 Å². The van der Waals surface area contributed by atoms with Gasteiger partial charge in [-0.25, -0.2) is 0 Å². The van der Waals surface area contributed by atoms with Crippen LogP contribution in [0.3, 0.4) is 0 Å². The van der Waals surface area contributed by atoms with E-state index < -0.39 is 0 Å². The lowest BCUT2D eigenvalue weighted by atomic mass is 10.0. The van der Waals surface area contributed by atoms with Gasteiger partial charge in [0, 0.05) is 34.9 Å². The molecule has 0 bridgehead atoms. The summed E-state index contributed by atoms with van der Waals surface area (Å²) in [6.45, 7) is 5.67. The molecular formula is C21H20ClN3O. The number of nitrogens with one attached hydrogen (secondary N) is 1. The SMILES string of the molecule is CCN(CCC#N)c1ccc(/C=C2/C(=O)Nc3cc(Cl)ccc32)c(C)c1. The van der Waals surface area contributed by atoms with Crippen LogP contribution < -0.4 is 10.2 Å². The Labute approximate surface area is 158 Å². The van der Waals surface area contributed by atoms with Crippen molar-refractivity contribution >= 4 is 40.5 Å². The van der Waals surface area contributed by atoms with Crippen molar-refractivity contribution in [1.29, 1.82) is 5.26 Å². The number of hydrogen-bond acceptors (Lipinski definition) is 3. The maximum absolute atomic E-state index is 12.3. The minimum Gasteiger partial charge on any atom is -0.371 e. The van der Waals surface area contributed by atoms with Crippen LogP contribution in [-0.2, 0) is 4.79 Å². The minimum absolute atomic E-state index is 0.116. The van der Waals surface area contributed by atoms with E-state index in [2.05, 4.69) is 29.3 Å². The molecule has 1 heterocycles. The smallest absolute Gasteiger partial charge is 0.256 e. The van der Waals surface area contributed by atoms with E-state index >= 15 is 0 Å². The molecule has 5 heteroatoms.